The van der Waals surface area contributed by atoms with Crippen LogP contribution >= 0.6 is 11.6 Å². The SMILES string of the molecule is Cc1cc(C)n(-c2ccc(C(=O)N(C)CCOc3ccc(Cl)cc3)cc2)n1. The molecule has 140 valence electrons. The van der Waals surface area contributed by atoms with Gasteiger partial charge in [-0.1, -0.05) is 11.6 Å². The first kappa shape index (κ1) is 19.0. The number of rotatable bonds is 6. The fraction of sp³-hybridized carbons (Fsp3) is 0.238. The van der Waals surface area contributed by atoms with E-state index in [2.05, 4.69) is 5.10 Å². The highest BCUT2D eigenvalue weighted by Crippen LogP contribution is 2.16. The van der Waals surface area contributed by atoms with Crippen LogP contribution in [0.5, 0.6) is 5.75 Å². The summed E-state index contributed by atoms with van der Waals surface area (Å²) in [5, 5.41) is 5.13. The summed E-state index contributed by atoms with van der Waals surface area (Å²) in [5.41, 5.74) is 3.59. The van der Waals surface area contributed by atoms with Crippen molar-refractivity contribution < 1.29 is 9.53 Å². The van der Waals surface area contributed by atoms with Crippen molar-refractivity contribution in [2.24, 2.45) is 0 Å². The predicted molar refractivity (Wildman–Crippen MR) is 107 cm³/mol. The second kappa shape index (κ2) is 8.27. The van der Waals surface area contributed by atoms with Crippen LogP contribution in [0.1, 0.15) is 21.7 Å². The molecule has 2 aromatic carbocycles. The standard InChI is InChI=1S/C21H22ClN3O2/c1-15-14-16(2)25(23-15)19-8-4-17(5-9-19)21(26)24(3)12-13-27-20-10-6-18(22)7-11-20/h4-11,14H,12-13H2,1-3H3. The Bertz CT molecular complexity index is 918. The number of aromatic nitrogens is 2. The summed E-state index contributed by atoms with van der Waals surface area (Å²) in [6, 6.07) is 16.6. The Morgan fingerprint density at radius 2 is 1.78 bits per heavy atom. The van der Waals surface area contributed by atoms with Crippen molar-refractivity contribution in [3.05, 3.63) is 76.6 Å². The Balaban J connectivity index is 1.58. The number of hydrogen-bond donors (Lipinski definition) is 0. The molecule has 0 atom stereocenters. The van der Waals surface area contributed by atoms with Crippen molar-refractivity contribution in [3.63, 3.8) is 0 Å². The highest BCUT2D eigenvalue weighted by Gasteiger charge is 2.12. The molecule has 0 spiro atoms. The molecule has 0 unspecified atom stereocenters. The van der Waals surface area contributed by atoms with Crippen LogP contribution < -0.4 is 4.74 Å². The van der Waals surface area contributed by atoms with Crippen molar-refractivity contribution in [2.45, 2.75) is 13.8 Å². The van der Waals surface area contributed by atoms with E-state index in [9.17, 15) is 4.79 Å². The quantitative estimate of drug-likeness (QED) is 0.637. The molecule has 0 radical (unpaired) electrons. The van der Waals surface area contributed by atoms with E-state index in [-0.39, 0.29) is 5.91 Å². The highest BCUT2D eigenvalue weighted by molar-refractivity contribution is 6.30. The van der Waals surface area contributed by atoms with Crippen LogP contribution in [-0.2, 0) is 0 Å². The Labute approximate surface area is 164 Å². The smallest absolute Gasteiger partial charge is 0.253 e. The van der Waals surface area contributed by atoms with E-state index >= 15 is 0 Å². The number of amides is 1. The summed E-state index contributed by atoms with van der Waals surface area (Å²) in [6.07, 6.45) is 0. The molecule has 27 heavy (non-hydrogen) atoms. The average Bonchev–Trinajstić information content (AvgIpc) is 3.01. The third kappa shape index (κ3) is 4.68. The molecule has 3 aromatic rings. The van der Waals surface area contributed by atoms with Crippen LogP contribution in [0.25, 0.3) is 5.69 Å². The number of hydrogen-bond acceptors (Lipinski definition) is 3. The van der Waals surface area contributed by atoms with Gasteiger partial charge in [0.05, 0.1) is 17.9 Å². The highest BCUT2D eigenvalue weighted by atomic mass is 35.5. The molecular formula is C21H22ClN3O2. The molecule has 1 heterocycles. The normalized spacial score (nSPS) is 10.7. The molecule has 0 aliphatic heterocycles. The van der Waals surface area contributed by atoms with Crippen molar-refractivity contribution in [2.75, 3.05) is 20.2 Å². The first-order valence-electron chi connectivity index (χ1n) is 8.71. The van der Waals surface area contributed by atoms with E-state index in [1.807, 2.05) is 61.0 Å². The van der Waals surface area contributed by atoms with Gasteiger partial charge in [-0.15, -0.1) is 0 Å². The molecule has 0 aliphatic carbocycles. The summed E-state index contributed by atoms with van der Waals surface area (Å²) >= 11 is 5.85. The number of carbonyl (C=O) groups is 1. The summed E-state index contributed by atoms with van der Waals surface area (Å²) in [6.45, 7) is 4.87. The van der Waals surface area contributed by atoms with E-state index in [1.54, 1.807) is 24.1 Å². The lowest BCUT2D eigenvalue weighted by molar-refractivity contribution is 0.0774. The van der Waals surface area contributed by atoms with Crippen LogP contribution in [0.4, 0.5) is 0 Å². The summed E-state index contributed by atoms with van der Waals surface area (Å²) in [7, 11) is 1.77. The zero-order valence-electron chi connectivity index (χ0n) is 15.6. The van der Waals surface area contributed by atoms with E-state index in [4.69, 9.17) is 16.3 Å². The van der Waals surface area contributed by atoms with E-state index in [0.717, 1.165) is 22.8 Å². The number of ether oxygens (including phenoxy) is 1. The Morgan fingerprint density at radius 3 is 2.37 bits per heavy atom. The van der Waals surface area contributed by atoms with Gasteiger partial charge in [-0.3, -0.25) is 4.79 Å². The monoisotopic (exact) mass is 383 g/mol. The van der Waals surface area contributed by atoms with E-state index in [1.165, 1.54) is 0 Å². The van der Waals surface area contributed by atoms with Crippen LogP contribution in [0.2, 0.25) is 5.02 Å². The minimum atomic E-state index is -0.0466. The molecule has 0 saturated heterocycles. The largest absolute Gasteiger partial charge is 0.492 e. The Kier molecular flexibility index (Phi) is 5.81. The molecule has 5 nitrogen and oxygen atoms in total. The van der Waals surface area contributed by atoms with Crippen LogP contribution in [0.3, 0.4) is 0 Å². The lowest BCUT2D eigenvalue weighted by atomic mass is 10.2. The summed E-state index contributed by atoms with van der Waals surface area (Å²) in [4.78, 5) is 14.2. The van der Waals surface area contributed by atoms with Crippen molar-refractivity contribution in [3.8, 4) is 11.4 Å². The summed E-state index contributed by atoms with van der Waals surface area (Å²) < 4.78 is 7.51. The number of aryl methyl sites for hydroxylation is 2. The van der Waals surface area contributed by atoms with Crippen LogP contribution in [0.15, 0.2) is 54.6 Å². The first-order chi connectivity index (χ1) is 12.9. The molecule has 1 amide bonds. The number of nitrogens with zero attached hydrogens (tertiary/aromatic N) is 3. The molecule has 3 rings (SSSR count). The minimum absolute atomic E-state index is 0.0466. The Hall–Kier alpha value is -2.79. The number of carbonyl (C=O) groups excluding carboxylic acids is 1. The molecule has 0 fully saturated rings. The van der Waals surface area contributed by atoms with Crippen molar-refractivity contribution >= 4 is 17.5 Å². The van der Waals surface area contributed by atoms with E-state index < -0.39 is 0 Å². The topological polar surface area (TPSA) is 47.4 Å². The maximum atomic E-state index is 12.6. The van der Waals surface area contributed by atoms with Crippen molar-refractivity contribution in [1.82, 2.24) is 14.7 Å². The number of likely N-dealkylation sites (N-methyl/N-ethyl adjacent to an activating group) is 1. The second-order valence-corrected chi connectivity index (χ2v) is 6.85. The molecular weight excluding hydrogens is 362 g/mol. The maximum Gasteiger partial charge on any atom is 0.253 e. The number of benzene rings is 2. The molecule has 0 N–H and O–H groups in total. The van der Waals surface area contributed by atoms with Crippen molar-refractivity contribution in [1.29, 1.82) is 0 Å². The third-order valence-corrected chi connectivity index (χ3v) is 4.48. The molecule has 0 aliphatic rings. The van der Waals surface area contributed by atoms with Gasteiger partial charge in [0.2, 0.25) is 0 Å². The zero-order chi connectivity index (χ0) is 19.4. The Morgan fingerprint density at radius 1 is 1.11 bits per heavy atom. The van der Waals surface area contributed by atoms with E-state index in [0.29, 0.717) is 23.7 Å². The van der Waals surface area contributed by atoms with Gasteiger partial charge in [-0.05, 0) is 68.4 Å². The lowest BCUT2D eigenvalue weighted by Gasteiger charge is -2.18. The fourth-order valence-electron chi connectivity index (χ4n) is 2.79. The fourth-order valence-corrected chi connectivity index (χ4v) is 2.91. The van der Waals surface area contributed by atoms with Gasteiger partial charge in [0, 0.05) is 23.3 Å². The predicted octanol–water partition coefficient (Wildman–Crippen LogP) is 4.29. The maximum absolute atomic E-state index is 12.6. The first-order valence-corrected chi connectivity index (χ1v) is 9.09. The van der Waals surface area contributed by atoms with Gasteiger partial charge in [0.15, 0.2) is 0 Å². The second-order valence-electron chi connectivity index (χ2n) is 6.41. The molecule has 1 aromatic heterocycles. The van der Waals surface area contributed by atoms with Gasteiger partial charge < -0.3 is 9.64 Å². The third-order valence-electron chi connectivity index (χ3n) is 4.22. The van der Waals surface area contributed by atoms with Gasteiger partial charge in [0.25, 0.3) is 5.91 Å². The van der Waals surface area contributed by atoms with Gasteiger partial charge in [-0.25, -0.2) is 4.68 Å². The van der Waals surface area contributed by atoms with Gasteiger partial charge >= 0.3 is 0 Å². The number of halogens is 1. The van der Waals surface area contributed by atoms with Crippen LogP contribution in [-0.4, -0.2) is 40.8 Å². The van der Waals surface area contributed by atoms with Gasteiger partial charge in [0.1, 0.15) is 12.4 Å². The molecule has 0 saturated carbocycles. The van der Waals surface area contributed by atoms with Gasteiger partial charge in [-0.2, -0.15) is 5.10 Å². The average molecular weight is 384 g/mol. The molecule has 6 heteroatoms. The summed E-state index contributed by atoms with van der Waals surface area (Å²) in [5.74, 6) is 0.684. The minimum Gasteiger partial charge on any atom is -0.492 e. The molecule has 0 bridgehead atoms. The zero-order valence-corrected chi connectivity index (χ0v) is 16.4. The lowest BCUT2D eigenvalue weighted by Crippen LogP contribution is -2.30. The van der Waals surface area contributed by atoms with Crippen LogP contribution in [0, 0.1) is 13.8 Å².